The van der Waals surface area contributed by atoms with E-state index in [1.54, 1.807) is 87.5 Å². The van der Waals surface area contributed by atoms with Gasteiger partial charge in [-0.1, -0.05) is 91.0 Å². The Labute approximate surface area is 697 Å². The van der Waals surface area contributed by atoms with Gasteiger partial charge in [-0.25, -0.2) is 41.9 Å². The number of carbonyl (C=O) groups is 9. The number of halogens is 3. The van der Waals surface area contributed by atoms with Crippen LogP contribution in [0.1, 0.15) is 142 Å². The fourth-order valence-electron chi connectivity index (χ4n) is 15.3. The van der Waals surface area contributed by atoms with E-state index in [1.165, 1.54) is 114 Å². The normalized spacial score (nSPS) is 17.0. The van der Waals surface area contributed by atoms with Crippen molar-refractivity contribution in [2.45, 2.75) is 138 Å². The van der Waals surface area contributed by atoms with Crippen LogP contribution in [0, 0.1) is 94.5 Å². The monoisotopic (exact) mass is 1640 g/mol. The molecule has 0 spiro atoms. The van der Waals surface area contributed by atoms with Crippen LogP contribution in [0.4, 0.5) is 27.6 Å². The second kappa shape index (κ2) is 39.3. The third kappa shape index (κ3) is 23.4. The molecule has 0 aromatic heterocycles. The average molecular weight is 1640 g/mol. The number of para-hydroxylation sites is 3. The largest absolute Gasteiger partial charge is 0.478 e. The predicted molar refractivity (Wildman–Crippen MR) is 445 cm³/mol. The summed E-state index contributed by atoms with van der Waals surface area (Å²) in [6, 6.07) is 54.6. The van der Waals surface area contributed by atoms with Gasteiger partial charge in [0, 0.05) is 73.7 Å². The maximum absolute atomic E-state index is 13.5. The van der Waals surface area contributed by atoms with Crippen LogP contribution in [0.5, 0.6) is 34.5 Å². The number of hydrogen-bond acceptors (Lipinski definition) is 15. The first-order chi connectivity index (χ1) is 56.8. The number of amides is 3. The third-order valence-corrected chi connectivity index (χ3v) is 21.9. The summed E-state index contributed by atoms with van der Waals surface area (Å²) in [6.45, 7) is 22.0. The van der Waals surface area contributed by atoms with Crippen molar-refractivity contribution in [1.29, 1.82) is 0 Å². The Morgan fingerprint density at radius 1 is 0.325 bits per heavy atom. The SMILES string of the molecule is Cc1cc(CC[C@@H]2CN(C(=O)Oc3ccccc3)C[C@H]2C(=O)c2ccc(F)cc2)cc(C)c1OC(C)(C)C(=O)O.Cc1cc(CC[C@H]2CN(C(=O)Oc3ccccc3)C[C@@H]2C(=O)c2ccc(F)cc2)cc(C)c1OC(C)(C)C(=O)O.Cc1cc(CC[C@H]2CN(C(=O)Oc3ccccc3)C[C@@H]2C(=O)c2ccc(F)cc2)cc(C)c1OC(C)(C)C(=O)O. The van der Waals surface area contributed by atoms with Gasteiger partial charge in [-0.3, -0.25) is 14.4 Å². The van der Waals surface area contributed by atoms with Gasteiger partial charge in [-0.2, -0.15) is 0 Å². The van der Waals surface area contributed by atoms with Gasteiger partial charge in [-0.15, -0.1) is 0 Å². The number of ether oxygens (including phenoxy) is 6. The van der Waals surface area contributed by atoms with E-state index in [9.17, 15) is 71.6 Å². The molecule has 630 valence electrons. The Kier molecular flexibility index (Phi) is 29.4. The van der Waals surface area contributed by atoms with E-state index in [0.29, 0.717) is 109 Å². The van der Waals surface area contributed by atoms with Gasteiger partial charge < -0.3 is 58.4 Å². The van der Waals surface area contributed by atoms with Gasteiger partial charge >= 0.3 is 36.2 Å². The number of benzene rings is 9. The zero-order valence-corrected chi connectivity index (χ0v) is 69.4. The van der Waals surface area contributed by atoms with Crippen molar-refractivity contribution in [3.05, 3.63) is 284 Å². The number of rotatable bonds is 27. The van der Waals surface area contributed by atoms with Gasteiger partial charge in [0.05, 0.1) is 0 Å². The molecule has 120 heavy (non-hydrogen) atoms. The Morgan fingerprint density at radius 3 is 0.733 bits per heavy atom. The summed E-state index contributed by atoms with van der Waals surface area (Å²) in [6.07, 6.45) is 2.28. The van der Waals surface area contributed by atoms with E-state index >= 15 is 0 Å². The fourth-order valence-corrected chi connectivity index (χ4v) is 15.3. The van der Waals surface area contributed by atoms with Crippen molar-refractivity contribution >= 4 is 53.5 Å². The Balaban J connectivity index is 0.000000189. The number of Topliss-reactive ketones (excluding diaryl/α,β-unsaturated/α-hetero) is 3. The standard InChI is InChI=1S/3C32H34FNO6/c3*1-20-16-22(17-21(2)29(20)40-32(3,4)30(36)37)10-11-24-18-34(31(38)39-26-8-6-5-7-9-26)19-27(24)28(35)23-12-14-25(33)15-13-23/h3*5-9,12-17,24,27H,10-11,18-19H2,1-4H3,(H,36,37)/t3*24-,27-/m100/s1. The minimum absolute atomic E-state index is 0.132. The second-order valence-electron chi connectivity index (χ2n) is 32.5. The summed E-state index contributed by atoms with van der Waals surface area (Å²) in [5.74, 6) is -3.71. The quantitative estimate of drug-likeness (QED) is 0.0403. The van der Waals surface area contributed by atoms with Gasteiger partial charge in [0.2, 0.25) is 0 Å². The number of carboxylic acid groups (broad SMARTS) is 3. The number of carboxylic acids is 3. The molecule has 0 radical (unpaired) electrons. The highest BCUT2D eigenvalue weighted by Crippen LogP contribution is 2.39. The molecule has 3 aliphatic rings. The second-order valence-corrected chi connectivity index (χ2v) is 32.5. The van der Waals surface area contributed by atoms with Gasteiger partial charge in [0.15, 0.2) is 34.2 Å². The number of ketones is 3. The first-order valence-corrected chi connectivity index (χ1v) is 39.9. The van der Waals surface area contributed by atoms with Crippen molar-refractivity contribution in [2.24, 2.45) is 35.5 Å². The summed E-state index contributed by atoms with van der Waals surface area (Å²) < 4.78 is 74.5. The average Bonchev–Trinajstić information content (AvgIpc) is 1.76. The van der Waals surface area contributed by atoms with Crippen molar-refractivity contribution in [1.82, 2.24) is 14.7 Å². The smallest absolute Gasteiger partial charge is 0.415 e. The molecule has 0 aliphatic carbocycles. The van der Waals surface area contributed by atoms with Gasteiger partial charge in [0.1, 0.15) is 51.9 Å². The van der Waals surface area contributed by atoms with Gasteiger partial charge in [0.25, 0.3) is 0 Å². The van der Waals surface area contributed by atoms with E-state index in [-0.39, 0.29) is 54.7 Å². The van der Waals surface area contributed by atoms with Gasteiger partial charge in [-0.05, 0) is 299 Å². The molecule has 3 aliphatic heterocycles. The van der Waals surface area contributed by atoms with E-state index in [4.69, 9.17) is 28.4 Å². The summed E-state index contributed by atoms with van der Waals surface area (Å²) in [4.78, 5) is 119. The lowest BCUT2D eigenvalue weighted by Crippen LogP contribution is -2.38. The molecule has 3 fully saturated rings. The van der Waals surface area contributed by atoms with Crippen LogP contribution >= 0.6 is 0 Å². The Bertz CT molecular complexity index is 4600. The van der Waals surface area contributed by atoms with Crippen LogP contribution in [-0.2, 0) is 33.6 Å². The lowest BCUT2D eigenvalue weighted by molar-refractivity contribution is -0.152. The number of aryl methyl sites for hydroxylation is 9. The molecule has 3 heterocycles. The molecule has 3 saturated heterocycles. The summed E-state index contributed by atoms with van der Waals surface area (Å²) >= 11 is 0. The van der Waals surface area contributed by atoms with Crippen molar-refractivity contribution in [2.75, 3.05) is 39.3 Å². The molecule has 3 amide bonds. The minimum atomic E-state index is -1.37. The molecule has 21 nitrogen and oxygen atoms in total. The fraction of sp³-hybridized carbons (Fsp3) is 0.344. The molecule has 12 rings (SSSR count). The van der Waals surface area contributed by atoms with E-state index < -0.39 is 88.2 Å². The van der Waals surface area contributed by atoms with Crippen LogP contribution in [0.25, 0.3) is 0 Å². The molecule has 6 atom stereocenters. The van der Waals surface area contributed by atoms with Crippen LogP contribution in [-0.4, -0.2) is 140 Å². The molecule has 9 aromatic rings. The highest BCUT2D eigenvalue weighted by Gasteiger charge is 2.44. The number of hydrogen-bond donors (Lipinski definition) is 3. The number of likely N-dealkylation sites (tertiary alicyclic amines) is 3. The molecular formula is C96H102F3N3O18. The lowest BCUT2D eigenvalue weighted by atomic mass is 9.84. The molecule has 0 saturated carbocycles. The molecule has 3 N–H and O–H groups in total. The van der Waals surface area contributed by atoms with E-state index in [0.717, 1.165) is 50.1 Å². The summed E-state index contributed by atoms with van der Waals surface area (Å²) in [7, 11) is 0. The van der Waals surface area contributed by atoms with Crippen molar-refractivity contribution in [3.8, 4) is 34.5 Å². The summed E-state index contributed by atoms with van der Waals surface area (Å²) in [5.41, 5.74) is 5.11. The Morgan fingerprint density at radius 2 is 0.533 bits per heavy atom. The Hall–Kier alpha value is -12.6. The van der Waals surface area contributed by atoms with Crippen molar-refractivity contribution < 1.29 is 100 Å². The van der Waals surface area contributed by atoms with Crippen LogP contribution in [0.15, 0.2) is 200 Å². The topological polar surface area (TPSA) is 279 Å². The molecular weight excluding hydrogens is 1540 g/mol. The van der Waals surface area contributed by atoms with E-state index in [2.05, 4.69) is 0 Å². The first kappa shape index (κ1) is 89.7. The molecule has 24 heteroatoms. The maximum atomic E-state index is 13.5. The summed E-state index contributed by atoms with van der Waals surface area (Å²) in [5, 5.41) is 28.3. The zero-order valence-electron chi connectivity index (χ0n) is 69.4. The first-order valence-electron chi connectivity index (χ1n) is 39.9. The van der Waals surface area contributed by atoms with Crippen molar-refractivity contribution in [3.63, 3.8) is 0 Å². The molecule has 9 aromatic carbocycles. The highest BCUT2D eigenvalue weighted by atomic mass is 19.1. The van der Waals surface area contributed by atoms with Crippen LogP contribution in [0.2, 0.25) is 0 Å². The van der Waals surface area contributed by atoms with E-state index in [1.807, 2.05) is 96.1 Å². The number of aliphatic carboxylic acids is 3. The minimum Gasteiger partial charge on any atom is -0.478 e. The zero-order chi connectivity index (χ0) is 87.1. The molecule has 0 unspecified atom stereocenters. The van der Waals surface area contributed by atoms with Crippen LogP contribution in [0.3, 0.4) is 0 Å². The lowest BCUT2D eigenvalue weighted by Gasteiger charge is -2.25. The number of nitrogens with zero attached hydrogens (tertiary/aromatic N) is 3. The highest BCUT2D eigenvalue weighted by molar-refractivity contribution is 6.00. The van der Waals surface area contributed by atoms with Crippen LogP contribution < -0.4 is 28.4 Å². The number of carbonyl (C=O) groups excluding carboxylic acids is 6. The predicted octanol–water partition coefficient (Wildman–Crippen LogP) is 18.7. The maximum Gasteiger partial charge on any atom is 0.415 e. The third-order valence-electron chi connectivity index (χ3n) is 21.9. The molecule has 0 bridgehead atoms.